The molecule has 1 aliphatic rings. The molecule has 0 saturated heterocycles. The Kier molecular flexibility index (Phi) is 5.54. The first kappa shape index (κ1) is 21.1. The van der Waals surface area contributed by atoms with Crippen LogP contribution in [0.1, 0.15) is 24.1 Å². The summed E-state index contributed by atoms with van der Waals surface area (Å²) in [5, 5.41) is 5.20. The molecule has 1 aliphatic carbocycles. The van der Waals surface area contributed by atoms with Crippen molar-refractivity contribution in [3.63, 3.8) is 0 Å². The molecule has 0 spiro atoms. The van der Waals surface area contributed by atoms with Crippen molar-refractivity contribution in [1.82, 2.24) is 19.7 Å². The molecule has 33 heavy (non-hydrogen) atoms. The molecular formula is C26H25FN4O2. The Balaban J connectivity index is 1.53. The van der Waals surface area contributed by atoms with E-state index in [4.69, 9.17) is 9.72 Å². The zero-order chi connectivity index (χ0) is 22.9. The minimum atomic E-state index is -0.326. The van der Waals surface area contributed by atoms with Crippen LogP contribution in [0.4, 0.5) is 4.39 Å². The SMILES string of the molecule is COc1ccc(-c2nc3cc(F)ccc3cc2CN(C(=O)Cn2ccc(C)n2)C2CC2)cc1. The molecule has 7 heteroatoms. The molecule has 4 aromatic rings. The number of carbonyl (C=O) groups is 1. The van der Waals surface area contributed by atoms with Gasteiger partial charge in [-0.1, -0.05) is 0 Å². The first-order chi connectivity index (χ1) is 16.0. The fourth-order valence-corrected chi connectivity index (χ4v) is 4.07. The van der Waals surface area contributed by atoms with Crippen molar-refractivity contribution in [1.29, 1.82) is 0 Å². The van der Waals surface area contributed by atoms with E-state index in [-0.39, 0.29) is 24.3 Å². The Morgan fingerprint density at radius 2 is 1.94 bits per heavy atom. The van der Waals surface area contributed by atoms with Gasteiger partial charge < -0.3 is 9.64 Å². The number of ether oxygens (including phenoxy) is 1. The molecule has 0 N–H and O–H groups in total. The van der Waals surface area contributed by atoms with Crippen LogP contribution in [0.5, 0.6) is 5.75 Å². The summed E-state index contributed by atoms with van der Waals surface area (Å²) in [6, 6.07) is 16.4. The van der Waals surface area contributed by atoms with E-state index in [1.807, 2.05) is 54.4 Å². The number of aryl methyl sites for hydroxylation is 1. The van der Waals surface area contributed by atoms with Crippen molar-refractivity contribution < 1.29 is 13.9 Å². The monoisotopic (exact) mass is 444 g/mol. The average molecular weight is 445 g/mol. The van der Waals surface area contributed by atoms with Gasteiger partial charge in [0.15, 0.2) is 0 Å². The minimum absolute atomic E-state index is 0.0282. The van der Waals surface area contributed by atoms with Gasteiger partial charge in [-0.25, -0.2) is 9.37 Å². The molecular weight excluding hydrogens is 419 g/mol. The fraction of sp³-hybridized carbons (Fsp3) is 0.269. The molecule has 0 aliphatic heterocycles. The van der Waals surface area contributed by atoms with E-state index in [2.05, 4.69) is 5.10 Å². The third-order valence-electron chi connectivity index (χ3n) is 5.94. The molecule has 1 saturated carbocycles. The molecule has 0 unspecified atom stereocenters. The molecule has 1 fully saturated rings. The molecule has 2 heterocycles. The van der Waals surface area contributed by atoms with Gasteiger partial charge in [0.1, 0.15) is 18.1 Å². The number of aromatic nitrogens is 3. The molecule has 0 radical (unpaired) electrons. The lowest BCUT2D eigenvalue weighted by Crippen LogP contribution is -2.35. The second-order valence-corrected chi connectivity index (χ2v) is 8.47. The van der Waals surface area contributed by atoms with E-state index >= 15 is 0 Å². The number of halogens is 1. The van der Waals surface area contributed by atoms with E-state index in [0.29, 0.717) is 12.1 Å². The van der Waals surface area contributed by atoms with Crippen LogP contribution >= 0.6 is 0 Å². The maximum atomic E-state index is 13.9. The van der Waals surface area contributed by atoms with Crippen molar-refractivity contribution in [3.05, 3.63) is 77.9 Å². The number of fused-ring (bicyclic) bond motifs is 1. The van der Waals surface area contributed by atoms with Crippen LogP contribution in [0.25, 0.3) is 22.2 Å². The second-order valence-electron chi connectivity index (χ2n) is 8.47. The van der Waals surface area contributed by atoms with Crippen LogP contribution < -0.4 is 4.74 Å². The molecule has 168 valence electrons. The Morgan fingerprint density at radius 3 is 2.61 bits per heavy atom. The Hall–Kier alpha value is -3.74. The Bertz CT molecular complexity index is 1310. The van der Waals surface area contributed by atoms with E-state index in [1.54, 1.807) is 17.9 Å². The molecule has 1 amide bonds. The highest BCUT2D eigenvalue weighted by Gasteiger charge is 2.33. The van der Waals surface area contributed by atoms with E-state index in [1.165, 1.54) is 12.1 Å². The van der Waals surface area contributed by atoms with Crippen LogP contribution in [0.15, 0.2) is 60.8 Å². The van der Waals surface area contributed by atoms with E-state index in [0.717, 1.165) is 46.5 Å². The highest BCUT2D eigenvalue weighted by molar-refractivity contribution is 5.84. The van der Waals surface area contributed by atoms with Crippen LogP contribution in [0.3, 0.4) is 0 Å². The van der Waals surface area contributed by atoms with Crippen molar-refractivity contribution in [2.45, 2.75) is 38.9 Å². The fourth-order valence-electron chi connectivity index (χ4n) is 4.07. The number of methoxy groups -OCH3 is 1. The summed E-state index contributed by atoms with van der Waals surface area (Å²) in [6.45, 7) is 2.55. The molecule has 0 atom stereocenters. The molecule has 2 aromatic heterocycles. The lowest BCUT2D eigenvalue weighted by Gasteiger charge is -2.24. The molecule has 2 aromatic carbocycles. The van der Waals surface area contributed by atoms with E-state index < -0.39 is 0 Å². The summed E-state index contributed by atoms with van der Waals surface area (Å²) >= 11 is 0. The van der Waals surface area contributed by atoms with Gasteiger partial charge in [-0.05, 0) is 73.9 Å². The smallest absolute Gasteiger partial charge is 0.244 e. The predicted molar refractivity (Wildman–Crippen MR) is 124 cm³/mol. The number of hydrogen-bond donors (Lipinski definition) is 0. The molecule has 6 nitrogen and oxygen atoms in total. The quantitative estimate of drug-likeness (QED) is 0.413. The third-order valence-corrected chi connectivity index (χ3v) is 5.94. The number of nitrogens with zero attached hydrogens (tertiary/aromatic N) is 4. The maximum absolute atomic E-state index is 13.9. The number of rotatable bonds is 7. The highest BCUT2D eigenvalue weighted by atomic mass is 19.1. The maximum Gasteiger partial charge on any atom is 0.244 e. The Labute approximate surface area is 191 Å². The van der Waals surface area contributed by atoms with Crippen molar-refractivity contribution in [2.24, 2.45) is 0 Å². The summed E-state index contributed by atoms with van der Waals surface area (Å²) in [7, 11) is 1.62. The van der Waals surface area contributed by atoms with Gasteiger partial charge in [0.05, 0.1) is 24.0 Å². The summed E-state index contributed by atoms with van der Waals surface area (Å²) < 4.78 is 20.9. The number of pyridine rings is 1. The minimum Gasteiger partial charge on any atom is -0.497 e. The topological polar surface area (TPSA) is 60.2 Å². The summed E-state index contributed by atoms with van der Waals surface area (Å²) in [4.78, 5) is 20.0. The van der Waals surface area contributed by atoms with Crippen LogP contribution in [0.2, 0.25) is 0 Å². The first-order valence-corrected chi connectivity index (χ1v) is 11.0. The first-order valence-electron chi connectivity index (χ1n) is 11.0. The summed E-state index contributed by atoms with van der Waals surface area (Å²) in [5.41, 5.74) is 4.03. The van der Waals surface area contributed by atoms with Crippen LogP contribution in [-0.4, -0.2) is 38.7 Å². The van der Waals surface area contributed by atoms with Gasteiger partial charge in [-0.15, -0.1) is 0 Å². The second kappa shape index (κ2) is 8.65. The van der Waals surface area contributed by atoms with Gasteiger partial charge in [0.2, 0.25) is 5.91 Å². The van der Waals surface area contributed by atoms with Gasteiger partial charge >= 0.3 is 0 Å². The van der Waals surface area contributed by atoms with Gasteiger partial charge in [0, 0.05) is 35.8 Å². The van der Waals surface area contributed by atoms with Crippen molar-refractivity contribution >= 4 is 16.8 Å². The zero-order valence-electron chi connectivity index (χ0n) is 18.7. The summed E-state index contributed by atoms with van der Waals surface area (Å²) in [6.07, 6.45) is 3.81. The third kappa shape index (κ3) is 4.58. The standard InChI is InChI=1S/C26H25FN4O2/c1-17-11-12-30(29-17)16-25(32)31(22-7-8-22)15-20-13-19-3-6-21(27)14-24(19)28-26(20)18-4-9-23(33-2)10-5-18/h3-6,9-14,22H,7-8,15-16H2,1-2H3. The van der Waals surface area contributed by atoms with E-state index in [9.17, 15) is 9.18 Å². The molecule has 5 rings (SSSR count). The van der Waals surface area contributed by atoms with Gasteiger partial charge in [-0.3, -0.25) is 9.48 Å². The summed E-state index contributed by atoms with van der Waals surface area (Å²) in [5.74, 6) is 0.449. The number of benzene rings is 2. The van der Waals surface area contributed by atoms with Gasteiger partial charge in [0.25, 0.3) is 0 Å². The average Bonchev–Trinajstić information content (AvgIpc) is 3.58. The van der Waals surface area contributed by atoms with Crippen molar-refractivity contribution in [3.8, 4) is 17.0 Å². The van der Waals surface area contributed by atoms with Crippen LogP contribution in [0, 0.1) is 12.7 Å². The highest BCUT2D eigenvalue weighted by Crippen LogP contribution is 2.33. The predicted octanol–water partition coefficient (Wildman–Crippen LogP) is 4.75. The normalized spacial score (nSPS) is 13.3. The number of hydrogen-bond acceptors (Lipinski definition) is 4. The number of carbonyl (C=O) groups excluding carboxylic acids is 1. The van der Waals surface area contributed by atoms with Gasteiger partial charge in [-0.2, -0.15) is 5.10 Å². The molecule has 0 bridgehead atoms. The lowest BCUT2D eigenvalue weighted by molar-refractivity contribution is -0.133. The Morgan fingerprint density at radius 1 is 1.15 bits per heavy atom. The largest absolute Gasteiger partial charge is 0.497 e. The number of amides is 1. The lowest BCUT2D eigenvalue weighted by atomic mass is 10.0. The van der Waals surface area contributed by atoms with Crippen LogP contribution in [-0.2, 0) is 17.9 Å². The zero-order valence-corrected chi connectivity index (χ0v) is 18.7. The van der Waals surface area contributed by atoms with Crippen molar-refractivity contribution in [2.75, 3.05) is 7.11 Å².